The summed E-state index contributed by atoms with van der Waals surface area (Å²) in [6.45, 7) is 4.13. The van der Waals surface area contributed by atoms with Crippen molar-refractivity contribution >= 4 is 11.9 Å². The largest absolute Gasteiger partial charge is 0.329 e. The highest BCUT2D eigenvalue weighted by molar-refractivity contribution is 6.07. The summed E-state index contributed by atoms with van der Waals surface area (Å²) in [7, 11) is 0. The van der Waals surface area contributed by atoms with Crippen molar-refractivity contribution in [3.05, 3.63) is 71.3 Å². The lowest BCUT2D eigenvalue weighted by atomic mass is 9.87. The maximum absolute atomic E-state index is 13.2. The number of benzene rings is 2. The van der Waals surface area contributed by atoms with Crippen LogP contribution in [0, 0.1) is 0 Å². The Hall–Kier alpha value is -2.66. The number of hydrogen-bond acceptors (Lipinski definition) is 2. The van der Waals surface area contributed by atoms with Crippen LogP contribution < -0.4 is 10.2 Å². The Labute approximate surface area is 153 Å². The van der Waals surface area contributed by atoms with E-state index in [-0.39, 0.29) is 11.9 Å². The van der Waals surface area contributed by atoms with Crippen molar-refractivity contribution in [2.45, 2.75) is 31.8 Å². The van der Waals surface area contributed by atoms with Crippen molar-refractivity contribution in [1.82, 2.24) is 10.2 Å². The zero-order chi connectivity index (χ0) is 18.1. The van der Waals surface area contributed by atoms with Gasteiger partial charge in [0.15, 0.2) is 6.67 Å². The van der Waals surface area contributed by atoms with E-state index in [1.807, 2.05) is 43.3 Å². The van der Waals surface area contributed by atoms with E-state index in [0.717, 1.165) is 25.1 Å². The van der Waals surface area contributed by atoms with E-state index in [4.69, 9.17) is 0 Å². The molecule has 2 aromatic rings. The molecular weight excluding hydrogens is 326 g/mol. The summed E-state index contributed by atoms with van der Waals surface area (Å²) in [4.78, 5) is 28.5. The van der Waals surface area contributed by atoms with Crippen molar-refractivity contribution in [1.29, 1.82) is 0 Å². The maximum atomic E-state index is 13.2. The average molecular weight is 350 g/mol. The number of imide groups is 1. The van der Waals surface area contributed by atoms with Gasteiger partial charge in [0.25, 0.3) is 5.91 Å². The van der Waals surface area contributed by atoms with Gasteiger partial charge in [0.2, 0.25) is 0 Å². The highest BCUT2D eigenvalue weighted by Crippen LogP contribution is 2.31. The monoisotopic (exact) mass is 350 g/mol. The summed E-state index contributed by atoms with van der Waals surface area (Å²) >= 11 is 0. The Morgan fingerprint density at radius 1 is 1.04 bits per heavy atom. The summed E-state index contributed by atoms with van der Waals surface area (Å²) < 4.78 is 0. The Balaban J connectivity index is 1.55. The van der Waals surface area contributed by atoms with Crippen LogP contribution in [0.2, 0.25) is 0 Å². The standard InChI is InChI=1S/C21H23N3O2/c1-2-21(18-10-4-3-5-11-18)19(25)24(20(26)22-21)15-23-13-12-16-8-6-7-9-17(16)14-23/h3-11H,2,12-15H2,1H3,(H,22,26)/p+1/t21-/m0/s1. The van der Waals surface area contributed by atoms with Gasteiger partial charge in [0, 0.05) is 12.0 Å². The number of rotatable bonds is 4. The molecule has 0 aromatic heterocycles. The van der Waals surface area contributed by atoms with Crippen molar-refractivity contribution < 1.29 is 14.5 Å². The molecule has 4 rings (SSSR count). The SMILES string of the molecule is CC[C@@]1(c2ccccc2)NC(=O)N(C[NH+]2CCc3ccccc3C2)C1=O. The normalized spacial score (nSPS) is 25.1. The molecule has 1 saturated heterocycles. The minimum Gasteiger partial charge on any atom is -0.319 e. The number of quaternary nitrogens is 1. The Morgan fingerprint density at radius 3 is 2.46 bits per heavy atom. The van der Waals surface area contributed by atoms with Gasteiger partial charge in [-0.05, 0) is 17.5 Å². The highest BCUT2D eigenvalue weighted by Gasteiger charge is 2.52. The third-order valence-corrected chi connectivity index (χ3v) is 5.66. The van der Waals surface area contributed by atoms with E-state index >= 15 is 0 Å². The van der Waals surface area contributed by atoms with E-state index in [1.165, 1.54) is 20.9 Å². The molecular formula is C21H24N3O2+. The van der Waals surface area contributed by atoms with Crippen LogP contribution in [0.25, 0.3) is 0 Å². The van der Waals surface area contributed by atoms with Gasteiger partial charge >= 0.3 is 6.03 Å². The topological polar surface area (TPSA) is 53.9 Å². The second-order valence-electron chi connectivity index (χ2n) is 7.14. The second-order valence-corrected chi connectivity index (χ2v) is 7.14. The number of carbonyl (C=O) groups is 2. The minimum atomic E-state index is -0.939. The first-order chi connectivity index (χ1) is 12.6. The predicted octanol–water partition coefficient (Wildman–Crippen LogP) is 1.44. The predicted molar refractivity (Wildman–Crippen MR) is 98.3 cm³/mol. The molecule has 134 valence electrons. The average Bonchev–Trinajstić information content (AvgIpc) is 2.94. The van der Waals surface area contributed by atoms with E-state index in [0.29, 0.717) is 13.1 Å². The van der Waals surface area contributed by atoms with Crippen LogP contribution >= 0.6 is 0 Å². The van der Waals surface area contributed by atoms with Gasteiger partial charge < -0.3 is 10.2 Å². The van der Waals surface area contributed by atoms with Crippen molar-refractivity contribution in [3.8, 4) is 0 Å². The zero-order valence-corrected chi connectivity index (χ0v) is 15.0. The number of hydrogen-bond donors (Lipinski definition) is 2. The van der Waals surface area contributed by atoms with Gasteiger partial charge in [0.05, 0.1) is 6.54 Å². The molecule has 2 atom stereocenters. The second kappa shape index (κ2) is 6.57. The number of nitrogens with one attached hydrogen (secondary N) is 2. The fourth-order valence-corrected chi connectivity index (χ4v) is 4.13. The first-order valence-corrected chi connectivity index (χ1v) is 9.24. The fourth-order valence-electron chi connectivity index (χ4n) is 4.13. The zero-order valence-electron chi connectivity index (χ0n) is 15.0. The summed E-state index contributed by atoms with van der Waals surface area (Å²) in [5.41, 5.74) is 2.60. The van der Waals surface area contributed by atoms with Crippen LogP contribution in [-0.4, -0.2) is 30.1 Å². The van der Waals surface area contributed by atoms with Gasteiger partial charge in [-0.3, -0.25) is 4.79 Å². The van der Waals surface area contributed by atoms with E-state index in [2.05, 4.69) is 23.5 Å². The summed E-state index contributed by atoms with van der Waals surface area (Å²) in [6, 6.07) is 17.7. The molecule has 2 N–H and O–H groups in total. The number of fused-ring (bicyclic) bond motifs is 1. The van der Waals surface area contributed by atoms with Gasteiger partial charge in [-0.1, -0.05) is 61.5 Å². The number of nitrogens with zero attached hydrogens (tertiary/aromatic N) is 1. The molecule has 2 aliphatic rings. The summed E-state index contributed by atoms with van der Waals surface area (Å²) in [5.74, 6) is -0.137. The number of urea groups is 1. The minimum absolute atomic E-state index is 0.137. The molecule has 0 bridgehead atoms. The molecule has 26 heavy (non-hydrogen) atoms. The van der Waals surface area contributed by atoms with Gasteiger partial charge in [-0.2, -0.15) is 0 Å². The third-order valence-electron chi connectivity index (χ3n) is 5.66. The molecule has 5 heteroatoms. The van der Waals surface area contributed by atoms with Gasteiger partial charge in [-0.25, -0.2) is 9.69 Å². The molecule has 2 heterocycles. The lowest BCUT2D eigenvalue weighted by molar-refractivity contribution is -0.923. The highest BCUT2D eigenvalue weighted by atomic mass is 16.2. The first kappa shape index (κ1) is 16.8. The van der Waals surface area contributed by atoms with Crippen LogP contribution in [0.4, 0.5) is 4.79 Å². The molecule has 0 saturated carbocycles. The van der Waals surface area contributed by atoms with E-state index in [1.54, 1.807) is 0 Å². The Morgan fingerprint density at radius 2 is 1.73 bits per heavy atom. The van der Waals surface area contributed by atoms with Crippen molar-refractivity contribution in [3.63, 3.8) is 0 Å². The summed E-state index contributed by atoms with van der Waals surface area (Å²) in [6.07, 6.45) is 1.52. The van der Waals surface area contributed by atoms with Crippen molar-refractivity contribution in [2.75, 3.05) is 13.2 Å². The third kappa shape index (κ3) is 2.69. The number of carbonyl (C=O) groups excluding carboxylic acids is 2. The summed E-state index contributed by atoms with van der Waals surface area (Å²) in [5, 5.41) is 2.97. The fraction of sp³-hybridized carbons (Fsp3) is 0.333. The van der Waals surface area contributed by atoms with E-state index in [9.17, 15) is 9.59 Å². The lowest BCUT2D eigenvalue weighted by Gasteiger charge is -2.29. The Bertz CT molecular complexity index is 836. The molecule has 0 aliphatic carbocycles. The molecule has 2 aliphatic heterocycles. The van der Waals surface area contributed by atoms with Crippen LogP contribution in [0.5, 0.6) is 0 Å². The van der Waals surface area contributed by atoms with Crippen molar-refractivity contribution in [2.24, 2.45) is 0 Å². The first-order valence-electron chi connectivity index (χ1n) is 9.24. The quantitative estimate of drug-likeness (QED) is 0.820. The van der Waals surface area contributed by atoms with E-state index < -0.39 is 5.54 Å². The molecule has 1 unspecified atom stereocenters. The Kier molecular flexibility index (Phi) is 4.24. The van der Waals surface area contributed by atoms with Gasteiger partial charge in [-0.15, -0.1) is 0 Å². The molecule has 2 aromatic carbocycles. The van der Waals surface area contributed by atoms with Crippen LogP contribution in [-0.2, 0) is 23.3 Å². The van der Waals surface area contributed by atoms with Crippen LogP contribution in [0.1, 0.15) is 30.0 Å². The maximum Gasteiger partial charge on any atom is 0.329 e. The van der Waals surface area contributed by atoms with Crippen LogP contribution in [0.15, 0.2) is 54.6 Å². The molecule has 5 nitrogen and oxygen atoms in total. The lowest BCUT2D eigenvalue weighted by Crippen LogP contribution is -3.13. The van der Waals surface area contributed by atoms with Gasteiger partial charge in [0.1, 0.15) is 12.1 Å². The number of amides is 3. The molecule has 0 radical (unpaired) electrons. The molecule has 1 fully saturated rings. The molecule has 3 amide bonds. The molecule has 0 spiro atoms. The smallest absolute Gasteiger partial charge is 0.319 e. The van der Waals surface area contributed by atoms with Crippen LogP contribution in [0.3, 0.4) is 0 Å².